The zero-order valence-corrected chi connectivity index (χ0v) is 44.3. The Bertz CT molecular complexity index is 1510. The first-order valence-corrected chi connectivity index (χ1v) is 27.7. The first-order chi connectivity index (χ1) is 34.0. The number of carbonyl (C=O) groups is 3. The van der Waals surface area contributed by atoms with Gasteiger partial charge >= 0.3 is 17.9 Å². The van der Waals surface area contributed by atoms with Crippen molar-refractivity contribution in [2.24, 2.45) is 0 Å². The summed E-state index contributed by atoms with van der Waals surface area (Å²) in [4.78, 5) is 38.0. The number of rotatable bonds is 48. The van der Waals surface area contributed by atoms with Crippen molar-refractivity contribution in [1.29, 1.82) is 0 Å². The van der Waals surface area contributed by atoms with Crippen molar-refractivity contribution < 1.29 is 28.6 Å². The second kappa shape index (κ2) is 56.1. The molecule has 0 spiro atoms. The maximum absolute atomic E-state index is 12.8. The van der Waals surface area contributed by atoms with Gasteiger partial charge in [-0.2, -0.15) is 0 Å². The molecule has 0 fully saturated rings. The molecule has 388 valence electrons. The SMILES string of the molecule is CC/C=C\C/C=C\C/C=C\C/C=C\C/C=C\C/C=C\CCCCCCCCC(=O)OCC(COC(=O)CCCCCCC/C=C\CCCC)OC(=O)CCCC/C=C\C/C=C\C/C=C\C/C=C\CC. The average molecular weight is 953 g/mol. The molecule has 0 aromatic heterocycles. The highest BCUT2D eigenvalue weighted by molar-refractivity contribution is 5.71. The highest BCUT2D eigenvalue weighted by Crippen LogP contribution is 2.13. The average Bonchev–Trinajstić information content (AvgIpc) is 3.35. The number of unbranched alkanes of at least 4 members (excludes halogenated alkanes) is 15. The molecule has 1 atom stereocenters. The van der Waals surface area contributed by atoms with Crippen LogP contribution >= 0.6 is 0 Å². The fourth-order valence-corrected chi connectivity index (χ4v) is 7.00. The minimum Gasteiger partial charge on any atom is -0.462 e. The Morgan fingerprint density at radius 3 is 0.928 bits per heavy atom. The van der Waals surface area contributed by atoms with E-state index in [9.17, 15) is 14.4 Å². The Hall–Kier alpha value is -4.45. The first kappa shape index (κ1) is 64.5. The molecule has 6 nitrogen and oxygen atoms in total. The van der Waals surface area contributed by atoms with Crippen LogP contribution in [0.2, 0.25) is 0 Å². The van der Waals surface area contributed by atoms with Crippen molar-refractivity contribution in [2.75, 3.05) is 13.2 Å². The molecule has 0 aromatic rings. The van der Waals surface area contributed by atoms with E-state index in [0.29, 0.717) is 19.3 Å². The first-order valence-electron chi connectivity index (χ1n) is 27.7. The van der Waals surface area contributed by atoms with E-state index in [1.54, 1.807) is 0 Å². The van der Waals surface area contributed by atoms with Crippen LogP contribution in [0.3, 0.4) is 0 Å². The topological polar surface area (TPSA) is 78.9 Å². The molecule has 0 aliphatic carbocycles. The summed E-state index contributed by atoms with van der Waals surface area (Å²) >= 11 is 0. The molecule has 6 heteroatoms. The van der Waals surface area contributed by atoms with Gasteiger partial charge in [0.25, 0.3) is 0 Å². The third-order valence-electron chi connectivity index (χ3n) is 11.1. The molecule has 0 N–H and O–H groups in total. The zero-order valence-electron chi connectivity index (χ0n) is 44.3. The molecule has 69 heavy (non-hydrogen) atoms. The van der Waals surface area contributed by atoms with Gasteiger partial charge in [-0.15, -0.1) is 0 Å². The minimum absolute atomic E-state index is 0.108. The quantitative estimate of drug-likeness (QED) is 0.0262. The van der Waals surface area contributed by atoms with Crippen molar-refractivity contribution in [2.45, 2.75) is 232 Å². The second-order valence-corrected chi connectivity index (χ2v) is 17.7. The minimum atomic E-state index is -0.814. The van der Waals surface area contributed by atoms with Gasteiger partial charge in [0.05, 0.1) is 0 Å². The third-order valence-corrected chi connectivity index (χ3v) is 11.1. The molecule has 1 unspecified atom stereocenters. The lowest BCUT2D eigenvalue weighted by Gasteiger charge is -2.18. The Labute approximate surface area is 424 Å². The normalized spacial score (nSPS) is 13.1. The van der Waals surface area contributed by atoms with Crippen LogP contribution in [-0.4, -0.2) is 37.2 Å². The predicted octanol–water partition coefficient (Wildman–Crippen LogP) is 18.6. The third kappa shape index (κ3) is 54.4. The van der Waals surface area contributed by atoms with Crippen LogP contribution in [-0.2, 0) is 28.6 Å². The van der Waals surface area contributed by atoms with Crippen LogP contribution in [0, 0.1) is 0 Å². The summed E-state index contributed by atoms with van der Waals surface area (Å²) in [6.45, 7) is 6.30. The summed E-state index contributed by atoms with van der Waals surface area (Å²) in [7, 11) is 0. The van der Waals surface area contributed by atoms with Crippen LogP contribution in [0.5, 0.6) is 0 Å². The second-order valence-electron chi connectivity index (χ2n) is 17.7. The van der Waals surface area contributed by atoms with E-state index < -0.39 is 6.10 Å². The summed E-state index contributed by atoms with van der Waals surface area (Å²) in [5.74, 6) is -0.982. The monoisotopic (exact) mass is 953 g/mol. The Balaban J connectivity index is 4.41. The number of hydrogen-bond acceptors (Lipinski definition) is 6. The molecular weight excluding hydrogens is 853 g/mol. The Kier molecular flexibility index (Phi) is 52.5. The van der Waals surface area contributed by atoms with Crippen molar-refractivity contribution in [3.05, 3.63) is 134 Å². The lowest BCUT2D eigenvalue weighted by molar-refractivity contribution is -0.167. The molecular formula is C63H100O6. The molecule has 0 aliphatic rings. The zero-order chi connectivity index (χ0) is 50.0. The fourth-order valence-electron chi connectivity index (χ4n) is 7.00. The van der Waals surface area contributed by atoms with E-state index in [-0.39, 0.29) is 37.5 Å². The van der Waals surface area contributed by atoms with Crippen molar-refractivity contribution in [3.63, 3.8) is 0 Å². The van der Waals surface area contributed by atoms with Gasteiger partial charge in [0.1, 0.15) is 13.2 Å². The van der Waals surface area contributed by atoms with Gasteiger partial charge in [-0.25, -0.2) is 0 Å². The summed E-state index contributed by atoms with van der Waals surface area (Å²) in [6.07, 6.45) is 78.7. The molecule has 0 aliphatic heterocycles. The number of esters is 3. The van der Waals surface area contributed by atoms with Crippen molar-refractivity contribution in [3.8, 4) is 0 Å². The van der Waals surface area contributed by atoms with Gasteiger partial charge in [-0.3, -0.25) is 14.4 Å². The number of ether oxygens (including phenoxy) is 3. The molecule has 0 aromatic carbocycles. The highest BCUT2D eigenvalue weighted by Gasteiger charge is 2.19. The van der Waals surface area contributed by atoms with Crippen LogP contribution in [0.1, 0.15) is 226 Å². The van der Waals surface area contributed by atoms with Crippen molar-refractivity contribution in [1.82, 2.24) is 0 Å². The van der Waals surface area contributed by atoms with Crippen molar-refractivity contribution >= 4 is 17.9 Å². The van der Waals surface area contributed by atoms with Gasteiger partial charge in [-0.1, -0.05) is 212 Å². The van der Waals surface area contributed by atoms with Crippen LogP contribution in [0.15, 0.2) is 134 Å². The van der Waals surface area contributed by atoms with E-state index in [4.69, 9.17) is 14.2 Å². The van der Waals surface area contributed by atoms with E-state index >= 15 is 0 Å². The summed E-state index contributed by atoms with van der Waals surface area (Å²) in [5.41, 5.74) is 0. The largest absolute Gasteiger partial charge is 0.462 e. The fraction of sp³-hybridized carbons (Fsp3) is 0.603. The summed E-state index contributed by atoms with van der Waals surface area (Å²) < 4.78 is 16.8. The van der Waals surface area contributed by atoms with Gasteiger partial charge in [0.2, 0.25) is 0 Å². The van der Waals surface area contributed by atoms with Gasteiger partial charge in [0, 0.05) is 19.3 Å². The van der Waals surface area contributed by atoms with Gasteiger partial charge < -0.3 is 14.2 Å². The van der Waals surface area contributed by atoms with Crippen LogP contribution < -0.4 is 0 Å². The standard InChI is InChI=1S/C63H100O6/c1-4-7-10-13-16-19-22-24-26-27-28-29-30-31-32-33-34-35-37-38-41-44-47-50-53-56-62(65)68-59-60(58-67-61(64)55-52-49-46-43-40-21-18-15-12-9-6-3)69-63(66)57-54-51-48-45-42-39-36-25-23-20-17-14-11-8-5-2/h7-8,10-11,15-20,24-26,28-29,31-32,34-36,42,45,60H,4-6,9,12-14,21-23,27,30,33,37-41,43-44,46-59H2,1-3H3/b10-7-,11-8-,18-15-,19-16-,20-17-,26-24-,29-28-,32-31-,35-34-,36-25-,45-42-. The number of allylic oxidation sites excluding steroid dienone is 22. The lowest BCUT2D eigenvalue weighted by atomic mass is 10.1. The smallest absolute Gasteiger partial charge is 0.306 e. The molecule has 0 saturated carbocycles. The van der Waals surface area contributed by atoms with Gasteiger partial charge in [-0.05, 0) is 128 Å². The Morgan fingerprint density at radius 1 is 0.304 bits per heavy atom. The highest BCUT2D eigenvalue weighted by atomic mass is 16.6. The van der Waals surface area contributed by atoms with Crippen LogP contribution in [0.4, 0.5) is 0 Å². The molecule has 0 radical (unpaired) electrons. The molecule has 0 heterocycles. The summed E-state index contributed by atoms with van der Waals surface area (Å²) in [6, 6.07) is 0. The maximum Gasteiger partial charge on any atom is 0.306 e. The summed E-state index contributed by atoms with van der Waals surface area (Å²) in [5, 5.41) is 0. The lowest BCUT2D eigenvalue weighted by Crippen LogP contribution is -2.30. The van der Waals surface area contributed by atoms with E-state index in [0.717, 1.165) is 141 Å². The van der Waals surface area contributed by atoms with Gasteiger partial charge in [0.15, 0.2) is 6.10 Å². The van der Waals surface area contributed by atoms with Crippen LogP contribution in [0.25, 0.3) is 0 Å². The molecule has 0 bridgehead atoms. The Morgan fingerprint density at radius 2 is 0.565 bits per heavy atom. The predicted molar refractivity (Wildman–Crippen MR) is 297 cm³/mol. The molecule has 0 amide bonds. The molecule has 0 rings (SSSR count). The van der Waals surface area contributed by atoms with E-state index in [1.807, 2.05) is 0 Å². The maximum atomic E-state index is 12.8. The van der Waals surface area contributed by atoms with E-state index in [1.165, 1.54) is 38.5 Å². The number of carbonyl (C=O) groups excluding carboxylic acids is 3. The van der Waals surface area contributed by atoms with E-state index in [2.05, 4.69) is 154 Å². The molecule has 0 saturated heterocycles. The number of hydrogen-bond donors (Lipinski definition) is 0.